The van der Waals surface area contributed by atoms with Crippen molar-refractivity contribution in [2.24, 2.45) is 0 Å². The molecule has 0 saturated carbocycles. The SMILES string of the molecule is CCCCCCCCCCCCc1ccccc1CCCCCCCCCC. The van der Waals surface area contributed by atoms with Gasteiger partial charge in [0.05, 0.1) is 0 Å². The predicted octanol–water partition coefficient (Wildman–Crippen LogP) is 9.83. The van der Waals surface area contributed by atoms with E-state index < -0.39 is 0 Å². The minimum Gasteiger partial charge on any atom is -0.0654 e. The lowest BCUT2D eigenvalue weighted by Crippen LogP contribution is -1.95. The summed E-state index contributed by atoms with van der Waals surface area (Å²) in [7, 11) is 0. The molecule has 0 aliphatic heterocycles. The number of hydrogen-bond donors (Lipinski definition) is 0. The summed E-state index contributed by atoms with van der Waals surface area (Å²) in [5, 5.41) is 0. The molecule has 0 heteroatoms. The second-order valence-electron chi connectivity index (χ2n) is 8.93. The fourth-order valence-electron chi connectivity index (χ4n) is 4.30. The molecule has 162 valence electrons. The van der Waals surface area contributed by atoms with Crippen LogP contribution in [0.2, 0.25) is 0 Å². The van der Waals surface area contributed by atoms with Crippen LogP contribution >= 0.6 is 0 Å². The Bertz CT molecular complexity index is 433. The van der Waals surface area contributed by atoms with E-state index in [0.29, 0.717) is 0 Å². The molecule has 0 radical (unpaired) electrons. The van der Waals surface area contributed by atoms with Gasteiger partial charge < -0.3 is 0 Å². The normalized spacial score (nSPS) is 11.2. The highest BCUT2D eigenvalue weighted by atomic mass is 14.1. The van der Waals surface area contributed by atoms with E-state index in [1.165, 1.54) is 128 Å². The zero-order valence-electron chi connectivity index (χ0n) is 19.5. The van der Waals surface area contributed by atoms with Gasteiger partial charge >= 0.3 is 0 Å². The molecule has 0 aliphatic carbocycles. The molecule has 1 aromatic rings. The minimum atomic E-state index is 1.29. The van der Waals surface area contributed by atoms with E-state index in [1.807, 2.05) is 0 Å². The molecular weight excluding hydrogens is 336 g/mol. The van der Waals surface area contributed by atoms with Gasteiger partial charge in [-0.3, -0.25) is 0 Å². The van der Waals surface area contributed by atoms with Crippen molar-refractivity contribution in [3.8, 4) is 0 Å². The van der Waals surface area contributed by atoms with E-state index >= 15 is 0 Å². The molecule has 0 aromatic heterocycles. The molecule has 0 atom stereocenters. The van der Waals surface area contributed by atoms with Gasteiger partial charge in [-0.15, -0.1) is 0 Å². The summed E-state index contributed by atoms with van der Waals surface area (Å²) >= 11 is 0. The average molecular weight is 387 g/mol. The Morgan fingerprint density at radius 1 is 0.393 bits per heavy atom. The van der Waals surface area contributed by atoms with Gasteiger partial charge in [-0.25, -0.2) is 0 Å². The largest absolute Gasteiger partial charge is 0.0654 e. The maximum absolute atomic E-state index is 2.38. The van der Waals surface area contributed by atoms with E-state index in [4.69, 9.17) is 0 Å². The van der Waals surface area contributed by atoms with Gasteiger partial charge in [0.25, 0.3) is 0 Å². The third kappa shape index (κ3) is 14.3. The molecule has 0 aliphatic rings. The molecule has 0 amide bonds. The van der Waals surface area contributed by atoms with Crippen molar-refractivity contribution < 1.29 is 0 Å². The van der Waals surface area contributed by atoms with Gasteiger partial charge in [-0.1, -0.05) is 141 Å². The Kier molecular flexibility index (Phi) is 17.6. The first-order valence-corrected chi connectivity index (χ1v) is 12.9. The van der Waals surface area contributed by atoms with E-state index in [1.54, 1.807) is 11.1 Å². The van der Waals surface area contributed by atoms with Crippen LogP contribution in [0, 0.1) is 0 Å². The van der Waals surface area contributed by atoms with Crippen molar-refractivity contribution in [1.82, 2.24) is 0 Å². The van der Waals surface area contributed by atoms with Crippen LogP contribution in [0.25, 0.3) is 0 Å². The summed E-state index contributed by atoms with van der Waals surface area (Å²) in [4.78, 5) is 0. The number of benzene rings is 1. The molecular formula is C28H50. The van der Waals surface area contributed by atoms with Gasteiger partial charge in [0.1, 0.15) is 0 Å². The Labute approximate surface area is 177 Å². The van der Waals surface area contributed by atoms with Gasteiger partial charge in [-0.05, 0) is 36.8 Å². The predicted molar refractivity (Wildman–Crippen MR) is 128 cm³/mol. The molecule has 0 bridgehead atoms. The number of rotatable bonds is 20. The van der Waals surface area contributed by atoms with Crippen LogP contribution in [-0.4, -0.2) is 0 Å². The molecule has 0 nitrogen and oxygen atoms in total. The Hall–Kier alpha value is -0.780. The first-order valence-electron chi connectivity index (χ1n) is 12.9. The van der Waals surface area contributed by atoms with Gasteiger partial charge in [-0.2, -0.15) is 0 Å². The molecule has 0 fully saturated rings. The Morgan fingerprint density at radius 3 is 1.00 bits per heavy atom. The van der Waals surface area contributed by atoms with Gasteiger partial charge in [0, 0.05) is 0 Å². The molecule has 28 heavy (non-hydrogen) atoms. The molecule has 1 rings (SSSR count). The lowest BCUT2D eigenvalue weighted by atomic mass is 9.96. The van der Waals surface area contributed by atoms with Crippen molar-refractivity contribution in [2.75, 3.05) is 0 Å². The standard InChI is InChI=1S/C28H50/c1-3-5-7-9-11-13-14-16-18-20-24-28-26-22-21-25-27(28)23-19-17-15-12-10-8-6-4-2/h21-22,25-26H,3-20,23-24H2,1-2H3. The summed E-state index contributed by atoms with van der Waals surface area (Å²) in [6, 6.07) is 9.24. The molecule has 0 heterocycles. The Morgan fingerprint density at radius 2 is 0.679 bits per heavy atom. The summed E-state index contributed by atoms with van der Waals surface area (Å²) in [5.41, 5.74) is 3.26. The molecule has 0 N–H and O–H groups in total. The maximum Gasteiger partial charge on any atom is -0.0276 e. The quantitative estimate of drug-likeness (QED) is 0.196. The van der Waals surface area contributed by atoms with Crippen LogP contribution in [0.1, 0.15) is 141 Å². The van der Waals surface area contributed by atoms with Crippen LogP contribution < -0.4 is 0 Å². The van der Waals surface area contributed by atoms with Crippen LogP contribution in [0.4, 0.5) is 0 Å². The van der Waals surface area contributed by atoms with Gasteiger partial charge in [0.15, 0.2) is 0 Å². The highest BCUT2D eigenvalue weighted by Crippen LogP contribution is 2.18. The van der Waals surface area contributed by atoms with Crippen molar-refractivity contribution in [3.63, 3.8) is 0 Å². The summed E-state index contributed by atoms with van der Waals surface area (Å²) in [5.74, 6) is 0. The average Bonchev–Trinajstić information content (AvgIpc) is 2.72. The first kappa shape index (κ1) is 25.3. The summed E-state index contributed by atoms with van der Waals surface area (Å²) in [6.07, 6.45) is 28.2. The van der Waals surface area contributed by atoms with Crippen molar-refractivity contribution in [1.29, 1.82) is 0 Å². The number of aryl methyl sites for hydroxylation is 2. The third-order valence-electron chi connectivity index (χ3n) is 6.22. The smallest absolute Gasteiger partial charge is 0.0276 e. The van der Waals surface area contributed by atoms with Crippen LogP contribution in [-0.2, 0) is 12.8 Å². The van der Waals surface area contributed by atoms with Crippen molar-refractivity contribution >= 4 is 0 Å². The van der Waals surface area contributed by atoms with Crippen molar-refractivity contribution in [3.05, 3.63) is 35.4 Å². The monoisotopic (exact) mass is 386 g/mol. The van der Waals surface area contributed by atoms with Crippen LogP contribution in [0.5, 0.6) is 0 Å². The first-order chi connectivity index (χ1) is 13.9. The number of unbranched alkanes of at least 4 members (excludes halogenated alkanes) is 16. The lowest BCUT2D eigenvalue weighted by molar-refractivity contribution is 0.555. The molecule has 1 aromatic carbocycles. The second-order valence-corrected chi connectivity index (χ2v) is 8.93. The van der Waals surface area contributed by atoms with E-state index in [9.17, 15) is 0 Å². The van der Waals surface area contributed by atoms with E-state index in [2.05, 4.69) is 38.1 Å². The fourth-order valence-corrected chi connectivity index (χ4v) is 4.30. The second kappa shape index (κ2) is 19.5. The van der Waals surface area contributed by atoms with E-state index in [-0.39, 0.29) is 0 Å². The van der Waals surface area contributed by atoms with Gasteiger partial charge in [0.2, 0.25) is 0 Å². The Balaban J connectivity index is 2.05. The maximum atomic E-state index is 2.38. The highest BCUT2D eigenvalue weighted by Gasteiger charge is 2.02. The highest BCUT2D eigenvalue weighted by molar-refractivity contribution is 5.27. The lowest BCUT2D eigenvalue weighted by Gasteiger charge is -2.10. The number of hydrogen-bond acceptors (Lipinski definition) is 0. The molecule has 0 spiro atoms. The van der Waals surface area contributed by atoms with Crippen LogP contribution in [0.3, 0.4) is 0 Å². The van der Waals surface area contributed by atoms with E-state index in [0.717, 1.165) is 0 Å². The van der Waals surface area contributed by atoms with Crippen molar-refractivity contribution in [2.45, 2.75) is 142 Å². The zero-order chi connectivity index (χ0) is 20.1. The molecule has 0 unspecified atom stereocenters. The minimum absolute atomic E-state index is 1.29. The topological polar surface area (TPSA) is 0 Å². The molecule has 0 saturated heterocycles. The summed E-state index contributed by atoms with van der Waals surface area (Å²) < 4.78 is 0. The third-order valence-corrected chi connectivity index (χ3v) is 6.22. The zero-order valence-corrected chi connectivity index (χ0v) is 19.5. The summed E-state index contributed by atoms with van der Waals surface area (Å²) in [6.45, 7) is 4.60. The van der Waals surface area contributed by atoms with Crippen LogP contribution in [0.15, 0.2) is 24.3 Å². The fraction of sp³-hybridized carbons (Fsp3) is 0.786.